The van der Waals surface area contributed by atoms with Crippen molar-refractivity contribution in [2.24, 2.45) is 5.84 Å². The van der Waals surface area contributed by atoms with Crippen molar-refractivity contribution in [2.75, 3.05) is 5.01 Å². The monoisotopic (exact) mass is 301 g/mol. The first-order valence-electron chi connectivity index (χ1n) is 5.89. The maximum atomic E-state index is 12.1. The van der Waals surface area contributed by atoms with Gasteiger partial charge < -0.3 is 0 Å². The van der Waals surface area contributed by atoms with E-state index in [4.69, 9.17) is 5.84 Å². The Kier molecular flexibility index (Phi) is 3.60. The lowest BCUT2D eigenvalue weighted by atomic mass is 10.2. The van der Waals surface area contributed by atoms with Crippen LogP contribution in [0.3, 0.4) is 0 Å². The molecule has 3 aromatic rings. The van der Waals surface area contributed by atoms with Gasteiger partial charge in [-0.3, -0.25) is 4.79 Å². The molecule has 0 aliphatic carbocycles. The Morgan fingerprint density at radius 3 is 2.60 bits per heavy atom. The van der Waals surface area contributed by atoms with Gasteiger partial charge in [0.15, 0.2) is 0 Å². The molecule has 1 aromatic carbocycles. The number of hydrogen-bond donors (Lipinski definition) is 1. The van der Waals surface area contributed by atoms with E-state index in [0.717, 1.165) is 16.3 Å². The second-order valence-electron chi connectivity index (χ2n) is 4.03. The topological polar surface area (TPSA) is 59.2 Å². The van der Waals surface area contributed by atoms with Crippen LogP contribution < -0.4 is 10.9 Å². The molecule has 0 aliphatic heterocycles. The van der Waals surface area contributed by atoms with Crippen molar-refractivity contribution in [3.8, 4) is 11.3 Å². The summed E-state index contributed by atoms with van der Waals surface area (Å²) in [6.45, 7) is 0. The van der Waals surface area contributed by atoms with Crippen LogP contribution in [0.4, 0.5) is 5.13 Å². The van der Waals surface area contributed by atoms with Crippen LogP contribution in [0.2, 0.25) is 0 Å². The summed E-state index contributed by atoms with van der Waals surface area (Å²) in [6, 6.07) is 13.4. The molecule has 0 unspecified atom stereocenters. The minimum atomic E-state index is -0.242. The standard InChI is InChI=1S/C14H11N3OS2/c15-17(13(18)12-7-4-8-19-12)14-16-11(9-20-14)10-5-2-1-3-6-10/h1-9H,15H2. The van der Waals surface area contributed by atoms with E-state index in [1.807, 2.05) is 47.2 Å². The summed E-state index contributed by atoms with van der Waals surface area (Å²) in [6.07, 6.45) is 0. The van der Waals surface area contributed by atoms with Crippen molar-refractivity contribution in [1.82, 2.24) is 4.98 Å². The van der Waals surface area contributed by atoms with Crippen LogP contribution in [0.25, 0.3) is 11.3 Å². The Balaban J connectivity index is 1.85. The number of nitrogens with two attached hydrogens (primary N) is 1. The fourth-order valence-electron chi connectivity index (χ4n) is 1.72. The number of anilines is 1. The van der Waals surface area contributed by atoms with Gasteiger partial charge in [-0.25, -0.2) is 15.8 Å². The van der Waals surface area contributed by atoms with Crippen molar-refractivity contribution in [2.45, 2.75) is 0 Å². The van der Waals surface area contributed by atoms with Gasteiger partial charge in [0.05, 0.1) is 10.6 Å². The zero-order chi connectivity index (χ0) is 13.9. The van der Waals surface area contributed by atoms with E-state index in [2.05, 4.69) is 4.98 Å². The Bertz CT molecular complexity index is 707. The molecule has 0 bridgehead atoms. The van der Waals surface area contributed by atoms with Crippen LogP contribution in [0.1, 0.15) is 9.67 Å². The maximum absolute atomic E-state index is 12.1. The Labute approximate surface area is 124 Å². The van der Waals surface area contributed by atoms with Crippen LogP contribution in [-0.2, 0) is 0 Å². The second-order valence-corrected chi connectivity index (χ2v) is 5.82. The minimum Gasteiger partial charge on any atom is -0.266 e. The van der Waals surface area contributed by atoms with Crippen molar-refractivity contribution in [3.63, 3.8) is 0 Å². The summed E-state index contributed by atoms with van der Waals surface area (Å²) in [5.41, 5.74) is 1.83. The van der Waals surface area contributed by atoms with Crippen molar-refractivity contribution in [3.05, 3.63) is 58.1 Å². The molecule has 0 saturated carbocycles. The van der Waals surface area contributed by atoms with Gasteiger partial charge in [0.2, 0.25) is 5.13 Å². The molecular formula is C14H11N3OS2. The van der Waals surface area contributed by atoms with Crippen LogP contribution in [0.5, 0.6) is 0 Å². The SMILES string of the molecule is NN(C(=O)c1cccs1)c1nc(-c2ccccc2)cs1. The molecule has 3 rings (SSSR count). The molecule has 1 amide bonds. The Morgan fingerprint density at radius 1 is 1.10 bits per heavy atom. The summed E-state index contributed by atoms with van der Waals surface area (Å²) in [4.78, 5) is 17.1. The number of carbonyl (C=O) groups is 1. The largest absolute Gasteiger partial charge is 0.284 e. The molecule has 0 fully saturated rings. The number of carbonyl (C=O) groups excluding carboxylic acids is 1. The molecule has 4 nitrogen and oxygen atoms in total. The quantitative estimate of drug-likeness (QED) is 0.458. The van der Waals surface area contributed by atoms with Crippen molar-refractivity contribution >= 4 is 33.7 Å². The summed E-state index contributed by atoms with van der Waals surface area (Å²) in [5, 5.41) is 5.33. The van der Waals surface area contributed by atoms with Gasteiger partial charge in [-0.2, -0.15) is 0 Å². The molecule has 0 radical (unpaired) electrons. The molecule has 2 heterocycles. The van der Waals surface area contributed by atoms with Gasteiger partial charge in [0.1, 0.15) is 0 Å². The molecule has 6 heteroatoms. The predicted octanol–water partition coefficient (Wildman–Crippen LogP) is 3.39. The molecule has 20 heavy (non-hydrogen) atoms. The lowest BCUT2D eigenvalue weighted by Crippen LogP contribution is -2.36. The van der Waals surface area contributed by atoms with E-state index in [1.54, 1.807) is 6.07 Å². The third-order valence-corrected chi connectivity index (χ3v) is 4.42. The molecule has 0 atom stereocenters. The second kappa shape index (κ2) is 5.54. The van der Waals surface area contributed by atoms with Crippen LogP contribution in [0, 0.1) is 0 Å². The number of hydrogen-bond acceptors (Lipinski definition) is 5. The van der Waals surface area contributed by atoms with Crippen molar-refractivity contribution < 1.29 is 4.79 Å². The molecule has 100 valence electrons. The number of amides is 1. The summed E-state index contributed by atoms with van der Waals surface area (Å²) >= 11 is 2.71. The number of thiazole rings is 1. The zero-order valence-corrected chi connectivity index (χ0v) is 12.0. The number of aromatic nitrogens is 1. The van der Waals surface area contributed by atoms with Crippen molar-refractivity contribution in [1.29, 1.82) is 0 Å². The van der Waals surface area contributed by atoms with E-state index in [0.29, 0.717) is 10.0 Å². The highest BCUT2D eigenvalue weighted by atomic mass is 32.1. The summed E-state index contributed by atoms with van der Waals surface area (Å²) in [7, 11) is 0. The van der Waals surface area contributed by atoms with Crippen LogP contribution in [-0.4, -0.2) is 10.9 Å². The fourth-order valence-corrected chi connectivity index (χ4v) is 3.14. The first-order valence-corrected chi connectivity index (χ1v) is 7.65. The van der Waals surface area contributed by atoms with Gasteiger partial charge in [0, 0.05) is 10.9 Å². The Morgan fingerprint density at radius 2 is 1.90 bits per heavy atom. The highest BCUT2D eigenvalue weighted by Gasteiger charge is 2.18. The van der Waals surface area contributed by atoms with Gasteiger partial charge in [0.25, 0.3) is 5.91 Å². The molecule has 0 spiro atoms. The Hall–Kier alpha value is -2.02. The van der Waals surface area contributed by atoms with Gasteiger partial charge >= 0.3 is 0 Å². The lowest BCUT2D eigenvalue weighted by molar-refractivity contribution is 0.0990. The van der Waals surface area contributed by atoms with Crippen LogP contribution in [0.15, 0.2) is 53.2 Å². The molecule has 2 N–H and O–H groups in total. The maximum Gasteiger partial charge on any atom is 0.284 e. The molecule has 0 saturated heterocycles. The number of hydrazine groups is 1. The zero-order valence-electron chi connectivity index (χ0n) is 10.4. The van der Waals surface area contributed by atoms with E-state index < -0.39 is 0 Å². The van der Waals surface area contributed by atoms with Gasteiger partial charge in [-0.15, -0.1) is 22.7 Å². The molecular weight excluding hydrogens is 290 g/mol. The highest BCUT2D eigenvalue weighted by Crippen LogP contribution is 2.27. The predicted molar refractivity (Wildman–Crippen MR) is 82.9 cm³/mol. The van der Waals surface area contributed by atoms with Gasteiger partial charge in [-0.05, 0) is 11.4 Å². The number of nitrogens with zero attached hydrogens (tertiary/aromatic N) is 2. The smallest absolute Gasteiger partial charge is 0.266 e. The lowest BCUT2D eigenvalue weighted by Gasteiger charge is -2.11. The summed E-state index contributed by atoms with van der Waals surface area (Å²) in [5.74, 6) is 5.62. The van der Waals surface area contributed by atoms with E-state index in [-0.39, 0.29) is 5.91 Å². The number of thiophene rings is 1. The average Bonchev–Trinajstić information content (AvgIpc) is 3.18. The third kappa shape index (κ3) is 2.49. The first-order chi connectivity index (χ1) is 9.75. The summed E-state index contributed by atoms with van der Waals surface area (Å²) < 4.78 is 0. The van der Waals surface area contributed by atoms with Gasteiger partial charge in [-0.1, -0.05) is 36.4 Å². The highest BCUT2D eigenvalue weighted by molar-refractivity contribution is 7.14. The minimum absolute atomic E-state index is 0.242. The fraction of sp³-hybridized carbons (Fsp3) is 0. The van der Waals surface area contributed by atoms with Crippen LogP contribution >= 0.6 is 22.7 Å². The van der Waals surface area contributed by atoms with E-state index >= 15 is 0 Å². The number of rotatable bonds is 3. The first kappa shape index (κ1) is 13.0. The van der Waals surface area contributed by atoms with E-state index in [9.17, 15) is 4.79 Å². The van der Waals surface area contributed by atoms with E-state index in [1.165, 1.54) is 22.7 Å². The normalized spacial score (nSPS) is 10.4. The molecule has 2 aromatic heterocycles. The average molecular weight is 301 g/mol. The number of benzene rings is 1. The molecule has 0 aliphatic rings. The third-order valence-electron chi connectivity index (χ3n) is 2.72.